The highest BCUT2D eigenvalue weighted by Crippen LogP contribution is 2.29. The van der Waals surface area contributed by atoms with Crippen molar-refractivity contribution in [1.29, 1.82) is 0 Å². The summed E-state index contributed by atoms with van der Waals surface area (Å²) >= 11 is 6.14. The summed E-state index contributed by atoms with van der Waals surface area (Å²) in [5, 5.41) is 4.20. The van der Waals surface area contributed by atoms with Crippen molar-refractivity contribution < 1.29 is 4.74 Å². The van der Waals surface area contributed by atoms with Crippen LogP contribution in [0.5, 0.6) is 5.75 Å². The molecule has 1 aromatic carbocycles. The van der Waals surface area contributed by atoms with E-state index in [0.29, 0.717) is 12.0 Å². The lowest BCUT2D eigenvalue weighted by atomic mass is 9.97. The fraction of sp³-hybridized carbons (Fsp3) is 0.600. The van der Waals surface area contributed by atoms with Crippen LogP contribution in [0.15, 0.2) is 18.2 Å². The minimum atomic E-state index is 0.308. The van der Waals surface area contributed by atoms with E-state index in [1.165, 1.54) is 6.42 Å². The van der Waals surface area contributed by atoms with Crippen LogP contribution in [-0.2, 0) is 0 Å². The average molecular weight is 268 g/mol. The number of benzene rings is 1. The van der Waals surface area contributed by atoms with Crippen molar-refractivity contribution in [2.75, 3.05) is 13.1 Å². The zero-order valence-corrected chi connectivity index (χ0v) is 12.0. The van der Waals surface area contributed by atoms with Gasteiger partial charge in [0.1, 0.15) is 11.9 Å². The first-order valence-corrected chi connectivity index (χ1v) is 7.22. The van der Waals surface area contributed by atoms with Gasteiger partial charge in [-0.05, 0) is 38.4 Å². The van der Waals surface area contributed by atoms with Gasteiger partial charge in [0.15, 0.2) is 0 Å². The minimum absolute atomic E-state index is 0.308. The van der Waals surface area contributed by atoms with E-state index in [1.807, 2.05) is 25.1 Å². The quantitative estimate of drug-likeness (QED) is 0.876. The molecule has 1 aromatic rings. The van der Waals surface area contributed by atoms with Crippen LogP contribution in [0.3, 0.4) is 0 Å². The van der Waals surface area contributed by atoms with E-state index in [-0.39, 0.29) is 0 Å². The second kappa shape index (κ2) is 6.44. The molecule has 1 heterocycles. The van der Waals surface area contributed by atoms with Gasteiger partial charge in [0, 0.05) is 23.0 Å². The fourth-order valence-electron chi connectivity index (χ4n) is 2.55. The van der Waals surface area contributed by atoms with Crippen LogP contribution in [0.25, 0.3) is 0 Å². The number of halogens is 1. The highest BCUT2D eigenvalue weighted by Gasteiger charge is 2.26. The van der Waals surface area contributed by atoms with Gasteiger partial charge in [-0.1, -0.05) is 31.0 Å². The predicted molar refractivity (Wildman–Crippen MR) is 76.5 cm³/mol. The van der Waals surface area contributed by atoms with Gasteiger partial charge in [-0.15, -0.1) is 0 Å². The highest BCUT2D eigenvalue weighted by atomic mass is 35.5. The van der Waals surface area contributed by atoms with E-state index in [9.17, 15) is 0 Å². The Morgan fingerprint density at radius 1 is 1.50 bits per heavy atom. The standard InChI is InChI=1S/C15H22ClNO/c1-3-5-15(12-8-9-17-10-12)18-14-7-4-6-13(16)11(14)2/h4,6-7,12,15,17H,3,5,8-10H2,1-2H3/t12-,15-/m1/s1. The van der Waals surface area contributed by atoms with Gasteiger partial charge < -0.3 is 10.1 Å². The monoisotopic (exact) mass is 267 g/mol. The molecule has 0 radical (unpaired) electrons. The first-order chi connectivity index (χ1) is 8.72. The van der Waals surface area contributed by atoms with Crippen molar-refractivity contribution in [1.82, 2.24) is 5.32 Å². The van der Waals surface area contributed by atoms with Gasteiger partial charge in [-0.25, -0.2) is 0 Å². The Morgan fingerprint density at radius 2 is 2.33 bits per heavy atom. The van der Waals surface area contributed by atoms with Crippen molar-refractivity contribution in [2.24, 2.45) is 5.92 Å². The van der Waals surface area contributed by atoms with E-state index >= 15 is 0 Å². The Kier molecular flexibility index (Phi) is 4.90. The summed E-state index contributed by atoms with van der Waals surface area (Å²) < 4.78 is 6.23. The molecule has 1 aliphatic heterocycles. The number of ether oxygens (including phenoxy) is 1. The van der Waals surface area contributed by atoms with Crippen molar-refractivity contribution in [3.8, 4) is 5.75 Å². The molecule has 18 heavy (non-hydrogen) atoms. The van der Waals surface area contributed by atoms with Crippen molar-refractivity contribution in [3.63, 3.8) is 0 Å². The maximum Gasteiger partial charge on any atom is 0.124 e. The number of nitrogens with one attached hydrogen (secondary N) is 1. The van der Waals surface area contributed by atoms with Gasteiger partial charge in [0.05, 0.1) is 0 Å². The molecular formula is C15H22ClNO. The van der Waals surface area contributed by atoms with Crippen molar-refractivity contribution in [3.05, 3.63) is 28.8 Å². The lowest BCUT2D eigenvalue weighted by molar-refractivity contribution is 0.131. The van der Waals surface area contributed by atoms with Gasteiger partial charge >= 0.3 is 0 Å². The third-order valence-corrected chi connectivity index (χ3v) is 4.10. The van der Waals surface area contributed by atoms with Gasteiger partial charge in [0.2, 0.25) is 0 Å². The lowest BCUT2D eigenvalue weighted by Gasteiger charge is -2.25. The summed E-state index contributed by atoms with van der Waals surface area (Å²) in [6.45, 7) is 6.42. The summed E-state index contributed by atoms with van der Waals surface area (Å²) in [4.78, 5) is 0. The zero-order valence-electron chi connectivity index (χ0n) is 11.2. The normalized spacial score (nSPS) is 20.9. The third kappa shape index (κ3) is 3.18. The predicted octanol–water partition coefficient (Wildman–Crippen LogP) is 3.81. The van der Waals surface area contributed by atoms with Crippen LogP contribution < -0.4 is 10.1 Å². The molecule has 2 atom stereocenters. The fourth-order valence-corrected chi connectivity index (χ4v) is 2.71. The molecule has 1 aliphatic rings. The molecule has 100 valence electrons. The van der Waals surface area contributed by atoms with Crippen molar-refractivity contribution >= 4 is 11.6 Å². The van der Waals surface area contributed by atoms with Crippen LogP contribution in [0.1, 0.15) is 31.7 Å². The van der Waals surface area contributed by atoms with E-state index in [4.69, 9.17) is 16.3 Å². The van der Waals surface area contributed by atoms with Crippen molar-refractivity contribution in [2.45, 2.75) is 39.2 Å². The van der Waals surface area contributed by atoms with Crippen LogP contribution in [0.4, 0.5) is 0 Å². The topological polar surface area (TPSA) is 21.3 Å². The van der Waals surface area contributed by atoms with E-state index in [1.54, 1.807) is 0 Å². The smallest absolute Gasteiger partial charge is 0.124 e. The summed E-state index contributed by atoms with van der Waals surface area (Å²) in [6.07, 6.45) is 3.78. The Balaban J connectivity index is 2.10. The molecule has 2 rings (SSSR count). The van der Waals surface area contributed by atoms with Gasteiger partial charge in [0.25, 0.3) is 0 Å². The summed E-state index contributed by atoms with van der Waals surface area (Å²) in [6, 6.07) is 5.89. The first-order valence-electron chi connectivity index (χ1n) is 6.85. The minimum Gasteiger partial charge on any atom is -0.490 e. The largest absolute Gasteiger partial charge is 0.490 e. The third-order valence-electron chi connectivity index (χ3n) is 3.69. The molecule has 0 spiro atoms. The number of rotatable bonds is 5. The summed E-state index contributed by atoms with van der Waals surface area (Å²) in [5.41, 5.74) is 1.05. The van der Waals surface area contributed by atoms with E-state index < -0.39 is 0 Å². The molecule has 1 N–H and O–H groups in total. The SMILES string of the molecule is CCC[C@@H](Oc1cccc(Cl)c1C)[C@@H]1CCNC1. The molecule has 0 unspecified atom stereocenters. The van der Waals surface area contributed by atoms with E-state index in [2.05, 4.69) is 12.2 Å². The Labute approximate surface area is 115 Å². The van der Waals surface area contributed by atoms with Gasteiger partial charge in [-0.2, -0.15) is 0 Å². The average Bonchev–Trinajstić information content (AvgIpc) is 2.88. The number of hydrogen-bond acceptors (Lipinski definition) is 2. The molecule has 0 aromatic heterocycles. The van der Waals surface area contributed by atoms with Crippen LogP contribution in [0, 0.1) is 12.8 Å². The maximum atomic E-state index is 6.23. The lowest BCUT2D eigenvalue weighted by Crippen LogP contribution is -2.29. The maximum absolute atomic E-state index is 6.23. The number of hydrogen-bond donors (Lipinski definition) is 1. The second-order valence-electron chi connectivity index (χ2n) is 5.06. The first kappa shape index (κ1) is 13.7. The molecule has 0 saturated carbocycles. The second-order valence-corrected chi connectivity index (χ2v) is 5.47. The summed E-state index contributed by atoms with van der Waals surface area (Å²) in [5.74, 6) is 1.57. The zero-order chi connectivity index (χ0) is 13.0. The molecule has 0 bridgehead atoms. The molecule has 3 heteroatoms. The molecule has 1 fully saturated rings. The Bertz CT molecular complexity index is 388. The molecule has 0 amide bonds. The Morgan fingerprint density at radius 3 is 3.00 bits per heavy atom. The van der Waals surface area contributed by atoms with Crippen LogP contribution >= 0.6 is 11.6 Å². The molecule has 1 saturated heterocycles. The van der Waals surface area contributed by atoms with E-state index in [0.717, 1.165) is 42.3 Å². The molecule has 0 aliphatic carbocycles. The van der Waals surface area contributed by atoms with Gasteiger partial charge in [-0.3, -0.25) is 0 Å². The molecular weight excluding hydrogens is 246 g/mol. The van der Waals surface area contributed by atoms with Crippen LogP contribution in [-0.4, -0.2) is 19.2 Å². The molecule has 2 nitrogen and oxygen atoms in total. The van der Waals surface area contributed by atoms with Crippen LogP contribution in [0.2, 0.25) is 5.02 Å². The summed E-state index contributed by atoms with van der Waals surface area (Å²) in [7, 11) is 0. The Hall–Kier alpha value is -0.730. The highest BCUT2D eigenvalue weighted by molar-refractivity contribution is 6.31.